The lowest BCUT2D eigenvalue weighted by atomic mass is 9.87. The van der Waals surface area contributed by atoms with Crippen molar-refractivity contribution >= 4 is 9.84 Å². The maximum Gasteiger partial charge on any atom is 0.155 e. The van der Waals surface area contributed by atoms with E-state index in [-0.39, 0.29) is 18.3 Å². The van der Waals surface area contributed by atoms with Gasteiger partial charge in [-0.1, -0.05) is 0 Å². The van der Waals surface area contributed by atoms with Crippen LogP contribution in [0.3, 0.4) is 0 Å². The molecule has 1 aliphatic heterocycles. The van der Waals surface area contributed by atoms with Crippen molar-refractivity contribution < 1.29 is 13.5 Å². The van der Waals surface area contributed by atoms with Gasteiger partial charge in [-0.25, -0.2) is 8.42 Å². The SMILES string of the molecule is CC1(C)C([C@H](N)CO)CCS1(=O)=O. The van der Waals surface area contributed by atoms with Crippen molar-refractivity contribution in [3.8, 4) is 0 Å². The zero-order chi connectivity index (χ0) is 10.3. The van der Waals surface area contributed by atoms with Gasteiger partial charge in [-0.05, 0) is 26.2 Å². The van der Waals surface area contributed by atoms with E-state index in [4.69, 9.17) is 10.8 Å². The fourth-order valence-electron chi connectivity index (χ4n) is 1.98. The second-order valence-electron chi connectivity index (χ2n) is 4.16. The Morgan fingerprint density at radius 2 is 2.15 bits per heavy atom. The van der Waals surface area contributed by atoms with Crippen molar-refractivity contribution in [1.82, 2.24) is 0 Å². The van der Waals surface area contributed by atoms with Crippen LogP contribution in [0, 0.1) is 5.92 Å². The average Bonchev–Trinajstić information content (AvgIpc) is 2.22. The Bertz CT molecular complexity index is 284. The predicted molar refractivity (Wildman–Crippen MR) is 51.0 cm³/mol. The van der Waals surface area contributed by atoms with Crippen LogP contribution in [0.5, 0.6) is 0 Å². The maximum absolute atomic E-state index is 11.6. The summed E-state index contributed by atoms with van der Waals surface area (Å²) in [4.78, 5) is 0. The van der Waals surface area contributed by atoms with Gasteiger partial charge in [0, 0.05) is 6.04 Å². The fourth-order valence-corrected chi connectivity index (χ4v) is 3.82. The van der Waals surface area contributed by atoms with Gasteiger partial charge in [-0.2, -0.15) is 0 Å². The third-order valence-corrected chi connectivity index (χ3v) is 5.80. The molecule has 1 rings (SSSR count). The van der Waals surface area contributed by atoms with Crippen LogP contribution in [0.2, 0.25) is 0 Å². The molecule has 0 spiro atoms. The first-order chi connectivity index (χ1) is 5.83. The van der Waals surface area contributed by atoms with Crippen LogP contribution >= 0.6 is 0 Å². The van der Waals surface area contributed by atoms with E-state index in [1.807, 2.05) is 0 Å². The molecule has 13 heavy (non-hydrogen) atoms. The van der Waals surface area contributed by atoms with E-state index >= 15 is 0 Å². The van der Waals surface area contributed by atoms with Gasteiger partial charge < -0.3 is 10.8 Å². The summed E-state index contributed by atoms with van der Waals surface area (Å²) in [7, 11) is -3.02. The van der Waals surface area contributed by atoms with Gasteiger partial charge in [-0.3, -0.25) is 0 Å². The number of aliphatic hydroxyl groups excluding tert-OH is 1. The van der Waals surface area contributed by atoms with E-state index in [9.17, 15) is 8.42 Å². The van der Waals surface area contributed by atoms with Crippen LogP contribution in [0.15, 0.2) is 0 Å². The van der Waals surface area contributed by atoms with Crippen LogP contribution < -0.4 is 5.73 Å². The van der Waals surface area contributed by atoms with Crippen molar-refractivity contribution in [3.05, 3.63) is 0 Å². The predicted octanol–water partition coefficient (Wildman–Crippen LogP) is -0.481. The molecule has 0 aromatic heterocycles. The highest BCUT2D eigenvalue weighted by Crippen LogP contribution is 2.38. The van der Waals surface area contributed by atoms with Gasteiger partial charge in [0.1, 0.15) is 0 Å². The number of hydrogen-bond donors (Lipinski definition) is 2. The minimum Gasteiger partial charge on any atom is -0.395 e. The molecule has 0 aromatic rings. The van der Waals surface area contributed by atoms with E-state index in [0.29, 0.717) is 6.42 Å². The summed E-state index contributed by atoms with van der Waals surface area (Å²) in [5.74, 6) is 0.0701. The number of sulfone groups is 1. The summed E-state index contributed by atoms with van der Waals surface area (Å²) in [6, 6.07) is -0.424. The standard InChI is InChI=1S/C8H17NO3S/c1-8(2)6(7(9)5-10)3-4-13(8,11)12/h6-7,10H,3-5,9H2,1-2H3/t6?,7-/m1/s1. The lowest BCUT2D eigenvalue weighted by Crippen LogP contribution is -2.45. The summed E-state index contributed by atoms with van der Waals surface area (Å²) in [5.41, 5.74) is 5.66. The van der Waals surface area contributed by atoms with E-state index < -0.39 is 20.6 Å². The molecule has 2 atom stereocenters. The monoisotopic (exact) mass is 207 g/mol. The fraction of sp³-hybridized carbons (Fsp3) is 1.00. The Hall–Kier alpha value is -0.130. The van der Waals surface area contributed by atoms with Crippen molar-refractivity contribution in [2.24, 2.45) is 11.7 Å². The lowest BCUT2D eigenvalue weighted by molar-refractivity contribution is 0.209. The highest BCUT2D eigenvalue weighted by Gasteiger charge is 2.49. The quantitative estimate of drug-likeness (QED) is 0.641. The first-order valence-electron chi connectivity index (χ1n) is 4.41. The van der Waals surface area contributed by atoms with Crippen molar-refractivity contribution in [1.29, 1.82) is 0 Å². The van der Waals surface area contributed by atoms with Crippen molar-refractivity contribution in [2.75, 3.05) is 12.4 Å². The van der Waals surface area contributed by atoms with Crippen molar-refractivity contribution in [3.63, 3.8) is 0 Å². The summed E-state index contributed by atoms with van der Waals surface area (Å²) >= 11 is 0. The molecule has 1 heterocycles. The van der Waals surface area contributed by atoms with Crippen molar-refractivity contribution in [2.45, 2.75) is 31.1 Å². The molecular weight excluding hydrogens is 190 g/mol. The first-order valence-corrected chi connectivity index (χ1v) is 6.07. The molecule has 1 aliphatic rings. The van der Waals surface area contributed by atoms with Gasteiger partial charge in [0.05, 0.1) is 17.1 Å². The average molecular weight is 207 g/mol. The minimum absolute atomic E-state index is 0.123. The van der Waals surface area contributed by atoms with Crippen LogP contribution in [0.25, 0.3) is 0 Å². The smallest absolute Gasteiger partial charge is 0.155 e. The van der Waals surface area contributed by atoms with Crippen LogP contribution in [-0.2, 0) is 9.84 Å². The topological polar surface area (TPSA) is 80.4 Å². The number of rotatable bonds is 2. The molecule has 1 fully saturated rings. The number of hydrogen-bond acceptors (Lipinski definition) is 4. The van der Waals surface area contributed by atoms with Gasteiger partial charge in [0.25, 0.3) is 0 Å². The second kappa shape index (κ2) is 3.22. The third-order valence-electron chi connectivity index (χ3n) is 3.12. The van der Waals surface area contributed by atoms with Crippen LogP contribution in [0.4, 0.5) is 0 Å². The van der Waals surface area contributed by atoms with E-state index in [2.05, 4.69) is 0 Å². The zero-order valence-corrected chi connectivity index (χ0v) is 8.84. The zero-order valence-electron chi connectivity index (χ0n) is 8.03. The molecule has 0 radical (unpaired) electrons. The Labute approximate surface area is 79.0 Å². The Balaban J connectivity index is 2.95. The summed E-state index contributed by atoms with van der Waals surface area (Å²) in [6.07, 6.45) is 0.567. The lowest BCUT2D eigenvalue weighted by Gasteiger charge is -2.29. The number of nitrogens with two attached hydrogens (primary N) is 1. The molecular formula is C8H17NO3S. The molecule has 0 aromatic carbocycles. The van der Waals surface area contributed by atoms with E-state index in [0.717, 1.165) is 0 Å². The second-order valence-corrected chi connectivity index (χ2v) is 6.85. The van der Waals surface area contributed by atoms with Gasteiger partial charge >= 0.3 is 0 Å². The summed E-state index contributed by atoms with van der Waals surface area (Å²) < 4.78 is 22.4. The molecule has 0 aliphatic carbocycles. The molecule has 4 nitrogen and oxygen atoms in total. The Morgan fingerprint density at radius 1 is 1.62 bits per heavy atom. The molecule has 5 heteroatoms. The Kier molecular flexibility index (Phi) is 2.71. The molecule has 0 bridgehead atoms. The van der Waals surface area contributed by atoms with Gasteiger partial charge in [0.2, 0.25) is 0 Å². The summed E-state index contributed by atoms with van der Waals surface area (Å²) in [5, 5.41) is 8.88. The number of aliphatic hydroxyl groups is 1. The molecule has 1 unspecified atom stereocenters. The Morgan fingerprint density at radius 3 is 2.46 bits per heavy atom. The molecule has 0 amide bonds. The summed E-state index contributed by atoms with van der Waals surface area (Å²) in [6.45, 7) is 3.23. The van der Waals surface area contributed by atoms with Crippen LogP contribution in [-0.4, -0.2) is 36.7 Å². The van der Waals surface area contributed by atoms with Gasteiger partial charge in [-0.15, -0.1) is 0 Å². The highest BCUT2D eigenvalue weighted by molar-refractivity contribution is 7.93. The van der Waals surface area contributed by atoms with E-state index in [1.54, 1.807) is 13.8 Å². The minimum atomic E-state index is -3.02. The molecule has 3 N–H and O–H groups in total. The first kappa shape index (κ1) is 10.9. The molecule has 78 valence electrons. The largest absolute Gasteiger partial charge is 0.395 e. The van der Waals surface area contributed by atoms with Crippen LogP contribution in [0.1, 0.15) is 20.3 Å². The highest BCUT2D eigenvalue weighted by atomic mass is 32.2. The molecule has 0 saturated carbocycles. The third kappa shape index (κ3) is 1.60. The maximum atomic E-state index is 11.6. The van der Waals surface area contributed by atoms with E-state index in [1.165, 1.54) is 0 Å². The molecule has 1 saturated heterocycles. The van der Waals surface area contributed by atoms with Gasteiger partial charge in [0.15, 0.2) is 9.84 Å². The normalized spacial score (nSPS) is 33.1.